The lowest BCUT2D eigenvalue weighted by Gasteiger charge is -2.27. The highest BCUT2D eigenvalue weighted by atomic mass is 15.3. The van der Waals surface area contributed by atoms with Gasteiger partial charge >= 0.3 is 0 Å². The molecule has 1 aliphatic carbocycles. The van der Waals surface area contributed by atoms with E-state index in [1.807, 2.05) is 37.5 Å². The van der Waals surface area contributed by atoms with E-state index < -0.39 is 0 Å². The standard InChI is InChI=1S/C14H18N4/c1-17(2)14-7-6-11(10-15-14)13-8-9-16-18(13)12-4-3-5-12/h6-10,12H,3-5H2,1-2H3. The summed E-state index contributed by atoms with van der Waals surface area (Å²) in [4.78, 5) is 6.47. The number of aromatic nitrogens is 3. The van der Waals surface area contributed by atoms with Crippen molar-refractivity contribution in [1.82, 2.24) is 14.8 Å². The van der Waals surface area contributed by atoms with Crippen molar-refractivity contribution in [3.63, 3.8) is 0 Å². The number of anilines is 1. The number of rotatable bonds is 3. The van der Waals surface area contributed by atoms with Gasteiger partial charge in [0.1, 0.15) is 5.82 Å². The monoisotopic (exact) mass is 242 g/mol. The first-order valence-electron chi connectivity index (χ1n) is 6.43. The molecule has 0 aliphatic heterocycles. The Labute approximate surface area is 107 Å². The van der Waals surface area contributed by atoms with Gasteiger partial charge in [0.25, 0.3) is 0 Å². The van der Waals surface area contributed by atoms with E-state index in [4.69, 9.17) is 0 Å². The van der Waals surface area contributed by atoms with Crippen LogP contribution in [0.25, 0.3) is 11.3 Å². The number of hydrogen-bond donors (Lipinski definition) is 0. The molecule has 0 amide bonds. The maximum absolute atomic E-state index is 4.46. The second-order valence-electron chi connectivity index (χ2n) is 5.05. The van der Waals surface area contributed by atoms with Crippen LogP contribution >= 0.6 is 0 Å². The van der Waals surface area contributed by atoms with Gasteiger partial charge in [0.05, 0.1) is 11.7 Å². The molecule has 1 fully saturated rings. The molecule has 0 radical (unpaired) electrons. The quantitative estimate of drug-likeness (QED) is 0.830. The van der Waals surface area contributed by atoms with Gasteiger partial charge < -0.3 is 4.90 Å². The summed E-state index contributed by atoms with van der Waals surface area (Å²) in [6.07, 6.45) is 7.63. The SMILES string of the molecule is CN(C)c1ccc(-c2ccnn2C2CCC2)cn1. The third-order valence-electron chi connectivity index (χ3n) is 3.59. The summed E-state index contributed by atoms with van der Waals surface area (Å²) < 4.78 is 2.15. The molecular formula is C14H18N4. The average molecular weight is 242 g/mol. The van der Waals surface area contributed by atoms with E-state index in [-0.39, 0.29) is 0 Å². The molecule has 0 bridgehead atoms. The Kier molecular flexibility index (Phi) is 2.78. The Morgan fingerprint density at radius 3 is 2.61 bits per heavy atom. The van der Waals surface area contributed by atoms with Crippen LogP contribution in [0.1, 0.15) is 25.3 Å². The summed E-state index contributed by atoms with van der Waals surface area (Å²) in [5, 5.41) is 4.45. The molecule has 1 aliphatic rings. The first-order chi connectivity index (χ1) is 8.75. The highest BCUT2D eigenvalue weighted by molar-refractivity contribution is 5.60. The molecule has 18 heavy (non-hydrogen) atoms. The molecule has 0 atom stereocenters. The molecular weight excluding hydrogens is 224 g/mol. The lowest BCUT2D eigenvalue weighted by Crippen LogP contribution is -2.19. The van der Waals surface area contributed by atoms with E-state index >= 15 is 0 Å². The van der Waals surface area contributed by atoms with Crippen molar-refractivity contribution in [2.24, 2.45) is 0 Å². The topological polar surface area (TPSA) is 34.0 Å². The van der Waals surface area contributed by atoms with Crippen LogP contribution in [0.3, 0.4) is 0 Å². The second kappa shape index (κ2) is 4.44. The van der Waals surface area contributed by atoms with Gasteiger partial charge in [-0.1, -0.05) is 0 Å². The van der Waals surface area contributed by atoms with Gasteiger partial charge in [-0.25, -0.2) is 4.98 Å². The lowest BCUT2D eigenvalue weighted by atomic mass is 9.93. The zero-order chi connectivity index (χ0) is 12.5. The summed E-state index contributed by atoms with van der Waals surface area (Å²) in [5.41, 5.74) is 2.32. The Bertz CT molecular complexity index is 523. The molecule has 1 saturated carbocycles. The third kappa shape index (κ3) is 1.88. The smallest absolute Gasteiger partial charge is 0.127 e. The predicted molar refractivity (Wildman–Crippen MR) is 72.7 cm³/mol. The minimum Gasteiger partial charge on any atom is -0.363 e. The van der Waals surface area contributed by atoms with Crippen LogP contribution in [0.5, 0.6) is 0 Å². The van der Waals surface area contributed by atoms with Gasteiger partial charge in [-0.2, -0.15) is 5.10 Å². The minimum absolute atomic E-state index is 0.587. The molecule has 2 aromatic heterocycles. The summed E-state index contributed by atoms with van der Waals surface area (Å²) in [6, 6.07) is 6.83. The highest BCUT2D eigenvalue weighted by Crippen LogP contribution is 2.34. The van der Waals surface area contributed by atoms with Crippen LogP contribution in [0, 0.1) is 0 Å². The summed E-state index contributed by atoms with van der Waals surface area (Å²) >= 11 is 0. The van der Waals surface area contributed by atoms with E-state index in [2.05, 4.69) is 26.9 Å². The Morgan fingerprint density at radius 2 is 2.06 bits per heavy atom. The van der Waals surface area contributed by atoms with Crippen molar-refractivity contribution in [2.45, 2.75) is 25.3 Å². The fourth-order valence-electron chi connectivity index (χ4n) is 2.27. The molecule has 2 aromatic rings. The zero-order valence-electron chi connectivity index (χ0n) is 10.9. The van der Waals surface area contributed by atoms with Gasteiger partial charge in [0.15, 0.2) is 0 Å². The summed E-state index contributed by atoms with van der Waals surface area (Å²) in [5.74, 6) is 0.980. The number of hydrogen-bond acceptors (Lipinski definition) is 3. The normalized spacial score (nSPS) is 15.4. The first-order valence-corrected chi connectivity index (χ1v) is 6.43. The highest BCUT2D eigenvalue weighted by Gasteiger charge is 2.22. The number of nitrogens with zero attached hydrogens (tertiary/aromatic N) is 4. The van der Waals surface area contributed by atoms with E-state index in [0.29, 0.717) is 6.04 Å². The summed E-state index contributed by atoms with van der Waals surface area (Å²) in [6.45, 7) is 0. The maximum Gasteiger partial charge on any atom is 0.127 e. The van der Waals surface area contributed by atoms with E-state index in [1.165, 1.54) is 25.0 Å². The van der Waals surface area contributed by atoms with Crippen molar-refractivity contribution in [3.8, 4) is 11.3 Å². The Hall–Kier alpha value is -1.84. The van der Waals surface area contributed by atoms with Crippen LogP contribution < -0.4 is 4.90 Å². The van der Waals surface area contributed by atoms with Gasteiger partial charge in [-0.15, -0.1) is 0 Å². The van der Waals surface area contributed by atoms with Crippen LogP contribution in [-0.4, -0.2) is 28.9 Å². The van der Waals surface area contributed by atoms with Crippen molar-refractivity contribution in [1.29, 1.82) is 0 Å². The molecule has 0 aromatic carbocycles. The van der Waals surface area contributed by atoms with Gasteiger partial charge in [-0.3, -0.25) is 4.68 Å². The molecule has 2 heterocycles. The number of pyridine rings is 1. The molecule has 4 nitrogen and oxygen atoms in total. The van der Waals surface area contributed by atoms with Gasteiger partial charge in [0.2, 0.25) is 0 Å². The van der Waals surface area contributed by atoms with E-state index in [9.17, 15) is 0 Å². The van der Waals surface area contributed by atoms with E-state index in [1.54, 1.807) is 0 Å². The largest absolute Gasteiger partial charge is 0.363 e. The fraction of sp³-hybridized carbons (Fsp3) is 0.429. The zero-order valence-corrected chi connectivity index (χ0v) is 10.9. The molecule has 94 valence electrons. The Morgan fingerprint density at radius 1 is 1.22 bits per heavy atom. The summed E-state index contributed by atoms with van der Waals surface area (Å²) in [7, 11) is 4.00. The Balaban J connectivity index is 1.92. The van der Waals surface area contributed by atoms with Crippen molar-refractivity contribution >= 4 is 5.82 Å². The molecule has 0 saturated heterocycles. The van der Waals surface area contributed by atoms with Crippen LogP contribution in [-0.2, 0) is 0 Å². The molecule has 0 unspecified atom stereocenters. The second-order valence-corrected chi connectivity index (χ2v) is 5.05. The molecule has 4 heteroatoms. The van der Waals surface area contributed by atoms with Crippen molar-refractivity contribution in [3.05, 3.63) is 30.6 Å². The minimum atomic E-state index is 0.587. The first kappa shape index (κ1) is 11.3. The van der Waals surface area contributed by atoms with Crippen molar-refractivity contribution in [2.75, 3.05) is 19.0 Å². The van der Waals surface area contributed by atoms with Gasteiger partial charge in [-0.05, 0) is 37.5 Å². The lowest BCUT2D eigenvalue weighted by molar-refractivity contribution is 0.292. The van der Waals surface area contributed by atoms with Crippen LogP contribution in [0.2, 0.25) is 0 Å². The third-order valence-corrected chi connectivity index (χ3v) is 3.59. The molecule has 3 rings (SSSR count). The van der Waals surface area contributed by atoms with Crippen LogP contribution in [0.4, 0.5) is 5.82 Å². The molecule has 0 spiro atoms. The maximum atomic E-state index is 4.46. The fourth-order valence-corrected chi connectivity index (χ4v) is 2.27. The van der Waals surface area contributed by atoms with Crippen LogP contribution in [0.15, 0.2) is 30.6 Å². The molecule has 0 N–H and O–H groups in total. The van der Waals surface area contributed by atoms with E-state index in [0.717, 1.165) is 11.4 Å². The average Bonchev–Trinajstić information content (AvgIpc) is 2.76. The van der Waals surface area contributed by atoms with Crippen molar-refractivity contribution < 1.29 is 0 Å². The van der Waals surface area contributed by atoms with Gasteiger partial charge in [0, 0.05) is 32.1 Å². The predicted octanol–water partition coefficient (Wildman–Crippen LogP) is 2.74.